The quantitative estimate of drug-likeness (QED) is 0.143. The van der Waals surface area contributed by atoms with Crippen LogP contribution in [0.15, 0.2) is 146 Å². The topological polar surface area (TPSA) is 18.5 Å². The van der Waals surface area contributed by atoms with Crippen molar-refractivity contribution in [1.82, 2.24) is 0 Å². The summed E-state index contributed by atoms with van der Waals surface area (Å²) >= 11 is 0. The molecule has 4 aliphatic heterocycles. The van der Waals surface area contributed by atoms with Crippen molar-refractivity contribution in [2.75, 3.05) is 0 Å². The highest BCUT2D eigenvalue weighted by Gasteiger charge is 2.54. The number of fused-ring (bicyclic) bond motifs is 24. The van der Waals surface area contributed by atoms with Gasteiger partial charge < -0.3 is 9.47 Å². The molecule has 2 heteroatoms. The molecule has 0 aromatic heterocycles. The molecule has 14 aromatic carbocycles. The van der Waals surface area contributed by atoms with Gasteiger partial charge in [-0.3, -0.25) is 0 Å². The summed E-state index contributed by atoms with van der Waals surface area (Å²) in [7, 11) is 0. The maximum absolute atomic E-state index is 7.52. The van der Waals surface area contributed by atoms with Gasteiger partial charge in [-0.05, 0) is 175 Å². The van der Waals surface area contributed by atoms with Crippen molar-refractivity contribution in [1.29, 1.82) is 0 Å². The number of rotatable bonds is 0. The van der Waals surface area contributed by atoms with Gasteiger partial charge in [-0.15, -0.1) is 0 Å². The zero-order valence-electron chi connectivity index (χ0n) is 33.0. The van der Waals surface area contributed by atoms with Crippen molar-refractivity contribution in [3.63, 3.8) is 0 Å². The minimum absolute atomic E-state index is 0.192. The number of hydrogen-bond donors (Lipinski definition) is 0. The van der Waals surface area contributed by atoms with Gasteiger partial charge in [0.15, 0.2) is 0 Å². The lowest BCUT2D eigenvalue weighted by Crippen LogP contribution is -2.14. The molecule has 280 valence electrons. The first-order chi connectivity index (χ1) is 30.8. The van der Waals surface area contributed by atoms with E-state index in [-0.39, 0.29) is 24.4 Å². The summed E-state index contributed by atoms with van der Waals surface area (Å²) in [6, 6.07) is 56.1. The van der Waals surface area contributed by atoms with Gasteiger partial charge >= 0.3 is 0 Å². The fourth-order valence-electron chi connectivity index (χ4n) is 14.8. The lowest BCUT2D eigenvalue weighted by molar-refractivity contribution is 0.0949. The van der Waals surface area contributed by atoms with Crippen molar-refractivity contribution >= 4 is 130 Å². The molecule has 0 saturated heterocycles. The molecule has 4 heterocycles. The van der Waals surface area contributed by atoms with Crippen LogP contribution in [0.4, 0.5) is 0 Å². The van der Waals surface area contributed by atoms with Crippen molar-refractivity contribution in [3.05, 3.63) is 190 Å². The van der Waals surface area contributed by atoms with E-state index in [1.165, 1.54) is 175 Å². The minimum Gasteiger partial charge on any atom is -0.356 e. The Morgan fingerprint density at radius 3 is 0.677 bits per heavy atom. The number of hydrogen-bond acceptors (Lipinski definition) is 2. The summed E-state index contributed by atoms with van der Waals surface area (Å²) in [5.74, 6) is 0. The molecular formula is C60H28O2. The van der Waals surface area contributed by atoms with Gasteiger partial charge in [0.05, 0.1) is 0 Å². The van der Waals surface area contributed by atoms with Crippen molar-refractivity contribution in [3.8, 4) is 0 Å². The van der Waals surface area contributed by atoms with Crippen molar-refractivity contribution in [2.45, 2.75) is 24.4 Å². The van der Waals surface area contributed by atoms with Gasteiger partial charge in [-0.25, -0.2) is 0 Å². The van der Waals surface area contributed by atoms with Crippen LogP contribution in [0.5, 0.6) is 0 Å². The fourth-order valence-corrected chi connectivity index (χ4v) is 14.8. The second kappa shape index (κ2) is 9.27. The van der Waals surface area contributed by atoms with Crippen LogP contribution in [0, 0.1) is 0 Å². The van der Waals surface area contributed by atoms with Crippen LogP contribution in [0.25, 0.3) is 130 Å². The van der Waals surface area contributed by atoms with Crippen LogP contribution in [0.2, 0.25) is 0 Å². The van der Waals surface area contributed by atoms with Crippen LogP contribution in [-0.4, -0.2) is 0 Å². The molecule has 0 N–H and O–H groups in total. The Kier molecular flexibility index (Phi) is 4.45. The summed E-state index contributed by atoms with van der Waals surface area (Å²) < 4.78 is 15.0. The van der Waals surface area contributed by atoms with Crippen LogP contribution >= 0.6 is 0 Å². The molecule has 2 nitrogen and oxygen atoms in total. The molecule has 0 fully saturated rings. The van der Waals surface area contributed by atoms with E-state index in [9.17, 15) is 0 Å². The molecule has 19 rings (SSSR count). The first-order valence-electron chi connectivity index (χ1n) is 22.2. The highest BCUT2D eigenvalue weighted by molar-refractivity contribution is 6.47. The molecular weight excluding hydrogens is 753 g/mol. The van der Waals surface area contributed by atoms with E-state index in [2.05, 4.69) is 146 Å². The normalized spacial score (nSPS) is 21.3. The summed E-state index contributed by atoms with van der Waals surface area (Å²) in [5.41, 5.74) is 15.8. The van der Waals surface area contributed by atoms with Gasteiger partial charge in [-0.2, -0.15) is 0 Å². The predicted molar refractivity (Wildman–Crippen MR) is 255 cm³/mol. The van der Waals surface area contributed by atoms with E-state index >= 15 is 0 Å². The maximum Gasteiger partial charge on any atom is 0.111 e. The third kappa shape index (κ3) is 2.83. The monoisotopic (exact) mass is 780 g/mol. The Bertz CT molecular complexity index is 3960. The van der Waals surface area contributed by atoms with Gasteiger partial charge in [0.1, 0.15) is 24.4 Å². The summed E-state index contributed by atoms with van der Waals surface area (Å²) in [6.07, 6.45) is -0.770. The van der Waals surface area contributed by atoms with E-state index in [1.807, 2.05) is 0 Å². The highest BCUT2D eigenvalue weighted by atomic mass is 16.5. The van der Waals surface area contributed by atoms with Crippen LogP contribution in [0.1, 0.15) is 68.9 Å². The summed E-state index contributed by atoms with van der Waals surface area (Å²) in [5, 5.41) is 27.5. The van der Waals surface area contributed by atoms with Gasteiger partial charge in [-0.1, -0.05) is 146 Å². The molecule has 62 heavy (non-hydrogen) atoms. The molecule has 1 aliphatic carbocycles. The lowest BCUT2D eigenvalue weighted by atomic mass is 9.69. The second-order valence-electron chi connectivity index (χ2n) is 19.0. The molecule has 4 atom stereocenters. The Balaban J connectivity index is 0.926. The largest absolute Gasteiger partial charge is 0.356 e. The zero-order valence-corrected chi connectivity index (χ0v) is 33.0. The Morgan fingerprint density at radius 1 is 0.226 bits per heavy atom. The Hall–Kier alpha value is -7.36. The van der Waals surface area contributed by atoms with Gasteiger partial charge in [0.2, 0.25) is 0 Å². The SMILES string of the molecule is c1ccc2c(c1)C1=C(c3ccccc3C3=C2[C@H]2O[C@@H]3c3c2c2ccc4ccc5ccc6ccc3c3c6c5c4c23)C2OC1c1c2c2ccc3ccc4ccc5ccc1c1c5c4c3c21. The molecule has 5 aliphatic rings. The maximum atomic E-state index is 7.52. The standard InChI is InChI=1S/C60H28O2/c1-2-6-32-31(5-1)49-51(59-54-36-22-18-28-14-10-25-9-13-27-17-21-35(53(54)57(49)61-59)45-41(27)39(25)42(28)46(36)45)33-7-3-4-8-34(33)52-50(32)58-55-37-23-19-29-15-11-26-12-16-30-20-24-38(56(55)60(52)62-58)48-44(30)40(26)43(29)47(37)48/h1-24,57-60H/t57-,58?,59+,60?. The predicted octanol–water partition coefficient (Wildman–Crippen LogP) is 15.6. The van der Waals surface area contributed by atoms with E-state index in [1.54, 1.807) is 0 Å². The number of ether oxygens (including phenoxy) is 2. The summed E-state index contributed by atoms with van der Waals surface area (Å²) in [4.78, 5) is 0. The number of benzene rings is 12. The van der Waals surface area contributed by atoms with Gasteiger partial charge in [0.25, 0.3) is 0 Å². The zero-order chi connectivity index (χ0) is 39.2. The smallest absolute Gasteiger partial charge is 0.111 e. The molecule has 0 radical (unpaired) electrons. The Morgan fingerprint density at radius 2 is 0.435 bits per heavy atom. The van der Waals surface area contributed by atoms with Gasteiger partial charge in [0, 0.05) is 0 Å². The molecule has 4 bridgehead atoms. The minimum atomic E-state index is -0.192. The fraction of sp³-hybridized carbons (Fsp3) is 0.0667. The van der Waals surface area contributed by atoms with Crippen LogP contribution < -0.4 is 0 Å². The van der Waals surface area contributed by atoms with E-state index in [4.69, 9.17) is 9.47 Å². The first-order valence-corrected chi connectivity index (χ1v) is 22.2. The van der Waals surface area contributed by atoms with Crippen LogP contribution in [-0.2, 0) is 9.47 Å². The highest BCUT2D eigenvalue weighted by Crippen LogP contribution is 2.71. The molecule has 0 spiro atoms. The molecule has 0 saturated carbocycles. The van der Waals surface area contributed by atoms with Crippen molar-refractivity contribution in [2.24, 2.45) is 0 Å². The van der Waals surface area contributed by atoms with Crippen molar-refractivity contribution < 1.29 is 9.47 Å². The lowest BCUT2D eigenvalue weighted by Gasteiger charge is -2.31. The average molecular weight is 781 g/mol. The third-order valence-electron chi connectivity index (χ3n) is 16.8. The van der Waals surface area contributed by atoms with E-state index < -0.39 is 0 Å². The average Bonchev–Trinajstić information content (AvgIpc) is 4.19. The molecule has 2 unspecified atom stereocenters. The third-order valence-corrected chi connectivity index (χ3v) is 16.8. The first kappa shape index (κ1) is 29.8. The molecule has 0 amide bonds. The summed E-state index contributed by atoms with van der Waals surface area (Å²) in [6.45, 7) is 0. The molecule has 14 aromatic rings. The van der Waals surface area contributed by atoms with E-state index in [0.717, 1.165) is 0 Å². The second-order valence-corrected chi connectivity index (χ2v) is 19.0. The van der Waals surface area contributed by atoms with E-state index in [0.29, 0.717) is 0 Å². The van der Waals surface area contributed by atoms with Crippen LogP contribution in [0.3, 0.4) is 0 Å². The Labute approximate surface area is 352 Å².